The number of nitrogens with two attached hydrogens (primary N) is 1. The summed E-state index contributed by atoms with van der Waals surface area (Å²) in [5.41, 5.74) is 7.19. The van der Waals surface area contributed by atoms with Crippen LogP contribution in [0.1, 0.15) is 21.6 Å². The first kappa shape index (κ1) is 14.3. The van der Waals surface area contributed by atoms with Crippen LogP contribution in [0.15, 0.2) is 36.5 Å². The van der Waals surface area contributed by atoms with E-state index in [1.807, 2.05) is 6.07 Å². The van der Waals surface area contributed by atoms with Gasteiger partial charge in [0.15, 0.2) is 0 Å². The molecule has 2 aromatic rings. The quantitative estimate of drug-likeness (QED) is 0.679. The van der Waals surface area contributed by atoms with Crippen LogP contribution >= 0.6 is 0 Å². The van der Waals surface area contributed by atoms with Crippen LogP contribution in [-0.4, -0.2) is 18.1 Å². The molecular formula is C15H13N3O3. The first-order valence-corrected chi connectivity index (χ1v) is 6.10. The number of anilines is 1. The highest BCUT2D eigenvalue weighted by Gasteiger charge is 2.17. The van der Waals surface area contributed by atoms with Crippen molar-refractivity contribution in [2.45, 2.75) is 6.61 Å². The van der Waals surface area contributed by atoms with Gasteiger partial charge in [0.05, 0.1) is 7.11 Å². The maximum absolute atomic E-state index is 12.1. The molecule has 0 saturated carbocycles. The van der Waals surface area contributed by atoms with E-state index in [1.165, 1.54) is 13.3 Å². The van der Waals surface area contributed by atoms with Gasteiger partial charge in [-0.05, 0) is 29.8 Å². The Balaban J connectivity index is 2.14. The molecule has 0 bridgehead atoms. The van der Waals surface area contributed by atoms with Gasteiger partial charge in [0.2, 0.25) is 0 Å². The van der Waals surface area contributed by atoms with Crippen LogP contribution in [0.2, 0.25) is 0 Å². The molecule has 0 atom stereocenters. The Bertz CT molecular complexity index is 708. The van der Waals surface area contributed by atoms with E-state index in [9.17, 15) is 4.79 Å². The Labute approximate surface area is 121 Å². The first-order valence-electron chi connectivity index (χ1n) is 6.10. The van der Waals surface area contributed by atoms with E-state index in [0.29, 0.717) is 11.3 Å². The molecule has 0 aliphatic carbocycles. The van der Waals surface area contributed by atoms with E-state index in [-0.39, 0.29) is 23.6 Å². The Morgan fingerprint density at radius 3 is 2.95 bits per heavy atom. The van der Waals surface area contributed by atoms with Gasteiger partial charge >= 0.3 is 5.97 Å². The van der Waals surface area contributed by atoms with Crippen molar-refractivity contribution in [3.8, 4) is 11.8 Å². The minimum atomic E-state index is -0.583. The van der Waals surface area contributed by atoms with Gasteiger partial charge in [-0.25, -0.2) is 9.78 Å². The van der Waals surface area contributed by atoms with Gasteiger partial charge in [-0.1, -0.05) is 6.07 Å². The zero-order valence-corrected chi connectivity index (χ0v) is 11.4. The third-order valence-corrected chi connectivity index (χ3v) is 2.79. The third-order valence-electron chi connectivity index (χ3n) is 2.79. The van der Waals surface area contributed by atoms with E-state index in [1.54, 1.807) is 30.3 Å². The molecule has 0 unspecified atom stereocenters. The number of carbonyl (C=O) groups excluding carboxylic acids is 1. The van der Waals surface area contributed by atoms with Gasteiger partial charge in [0, 0.05) is 11.9 Å². The number of hydrogen-bond acceptors (Lipinski definition) is 6. The molecule has 1 aromatic heterocycles. The molecule has 106 valence electrons. The second-order valence-electron chi connectivity index (χ2n) is 4.16. The van der Waals surface area contributed by atoms with Crippen molar-refractivity contribution in [1.82, 2.24) is 4.98 Å². The van der Waals surface area contributed by atoms with Crippen LogP contribution in [0.4, 0.5) is 5.69 Å². The predicted octanol–water partition coefficient (Wildman–Crippen LogP) is 1.90. The first-order chi connectivity index (χ1) is 10.2. The second kappa shape index (κ2) is 6.39. The van der Waals surface area contributed by atoms with E-state index in [2.05, 4.69) is 4.98 Å². The summed E-state index contributed by atoms with van der Waals surface area (Å²) in [5, 5.41) is 8.77. The fourth-order valence-electron chi connectivity index (χ4n) is 1.78. The topological polar surface area (TPSA) is 98.2 Å². The highest BCUT2D eigenvalue weighted by molar-refractivity contribution is 5.98. The lowest BCUT2D eigenvalue weighted by Crippen LogP contribution is -2.10. The van der Waals surface area contributed by atoms with Crippen molar-refractivity contribution < 1.29 is 14.3 Å². The van der Waals surface area contributed by atoms with Gasteiger partial charge in [-0.15, -0.1) is 0 Å². The molecule has 6 nitrogen and oxygen atoms in total. The summed E-state index contributed by atoms with van der Waals surface area (Å²) in [6.45, 7) is 0.0214. The Morgan fingerprint density at radius 1 is 1.43 bits per heavy atom. The summed E-state index contributed by atoms with van der Waals surface area (Å²) in [5.74, 6) is -0.229. The molecule has 0 radical (unpaired) electrons. The normalized spacial score (nSPS) is 9.71. The number of aromatic nitrogens is 1. The largest absolute Gasteiger partial charge is 0.496 e. The summed E-state index contributed by atoms with van der Waals surface area (Å²) in [6.07, 6.45) is 1.49. The molecule has 0 saturated heterocycles. The standard InChI is InChI=1S/C15H13N3O3/c1-20-13-4-2-3-12(17)14(13)15(19)21-9-10-5-6-18-11(7-10)8-16/h2-7H,9,17H2,1H3. The lowest BCUT2D eigenvalue weighted by atomic mass is 10.1. The van der Waals surface area contributed by atoms with Crippen LogP contribution in [-0.2, 0) is 11.3 Å². The smallest absolute Gasteiger partial charge is 0.344 e. The molecule has 0 spiro atoms. The molecule has 2 N–H and O–H groups in total. The molecule has 0 aliphatic rings. The monoisotopic (exact) mass is 283 g/mol. The third kappa shape index (κ3) is 3.28. The Morgan fingerprint density at radius 2 is 2.24 bits per heavy atom. The number of hydrogen-bond donors (Lipinski definition) is 1. The van der Waals surface area contributed by atoms with Gasteiger partial charge < -0.3 is 15.2 Å². The average Bonchev–Trinajstić information content (AvgIpc) is 2.52. The molecule has 0 fully saturated rings. The van der Waals surface area contributed by atoms with E-state index in [0.717, 1.165) is 0 Å². The van der Waals surface area contributed by atoms with Crippen LogP contribution in [0.3, 0.4) is 0 Å². The SMILES string of the molecule is COc1cccc(N)c1C(=O)OCc1ccnc(C#N)c1. The number of benzene rings is 1. The van der Waals surface area contributed by atoms with Crippen LogP contribution in [0, 0.1) is 11.3 Å². The molecule has 1 heterocycles. The number of nitrogens with zero attached hydrogens (tertiary/aromatic N) is 2. The van der Waals surface area contributed by atoms with Crippen molar-refractivity contribution in [1.29, 1.82) is 5.26 Å². The Hall–Kier alpha value is -3.07. The summed E-state index contributed by atoms with van der Waals surface area (Å²) in [7, 11) is 1.45. The van der Waals surface area contributed by atoms with Gasteiger partial charge in [0.25, 0.3) is 0 Å². The summed E-state index contributed by atoms with van der Waals surface area (Å²) < 4.78 is 10.3. The van der Waals surface area contributed by atoms with Crippen LogP contribution in [0.25, 0.3) is 0 Å². The van der Waals surface area contributed by atoms with Crippen molar-refractivity contribution in [2.24, 2.45) is 0 Å². The van der Waals surface area contributed by atoms with E-state index in [4.69, 9.17) is 20.5 Å². The predicted molar refractivity (Wildman–Crippen MR) is 75.5 cm³/mol. The number of ether oxygens (including phenoxy) is 2. The van der Waals surface area contributed by atoms with Gasteiger partial charge in [-0.2, -0.15) is 5.26 Å². The van der Waals surface area contributed by atoms with Crippen molar-refractivity contribution >= 4 is 11.7 Å². The molecule has 1 aromatic carbocycles. The maximum atomic E-state index is 12.1. The molecular weight excluding hydrogens is 270 g/mol. The maximum Gasteiger partial charge on any atom is 0.344 e. The van der Waals surface area contributed by atoms with Crippen molar-refractivity contribution in [3.63, 3.8) is 0 Å². The summed E-state index contributed by atoms with van der Waals surface area (Å²) in [4.78, 5) is 16.0. The number of pyridine rings is 1. The number of methoxy groups -OCH3 is 1. The summed E-state index contributed by atoms with van der Waals surface area (Å²) in [6, 6.07) is 10.1. The molecule has 0 aliphatic heterocycles. The van der Waals surface area contributed by atoms with Crippen LogP contribution < -0.4 is 10.5 Å². The highest BCUT2D eigenvalue weighted by Crippen LogP contribution is 2.25. The average molecular weight is 283 g/mol. The number of carbonyl (C=O) groups is 1. The number of rotatable bonds is 4. The highest BCUT2D eigenvalue weighted by atomic mass is 16.5. The zero-order valence-electron chi connectivity index (χ0n) is 11.4. The number of nitriles is 1. The molecule has 21 heavy (non-hydrogen) atoms. The number of nitrogen functional groups attached to an aromatic ring is 1. The minimum Gasteiger partial charge on any atom is -0.496 e. The van der Waals surface area contributed by atoms with Crippen LogP contribution in [0.5, 0.6) is 5.75 Å². The van der Waals surface area contributed by atoms with Crippen molar-refractivity contribution in [3.05, 3.63) is 53.3 Å². The fourth-order valence-corrected chi connectivity index (χ4v) is 1.78. The molecule has 2 rings (SSSR count). The lowest BCUT2D eigenvalue weighted by Gasteiger charge is -2.11. The fraction of sp³-hybridized carbons (Fsp3) is 0.133. The van der Waals surface area contributed by atoms with Crippen molar-refractivity contribution in [2.75, 3.05) is 12.8 Å². The molecule has 0 amide bonds. The lowest BCUT2D eigenvalue weighted by molar-refractivity contribution is 0.0470. The van der Waals surface area contributed by atoms with Gasteiger partial charge in [-0.3, -0.25) is 0 Å². The minimum absolute atomic E-state index is 0.0214. The summed E-state index contributed by atoms with van der Waals surface area (Å²) >= 11 is 0. The second-order valence-corrected chi connectivity index (χ2v) is 4.16. The molecule has 6 heteroatoms. The number of esters is 1. The van der Waals surface area contributed by atoms with Gasteiger partial charge in [0.1, 0.15) is 29.7 Å². The Kier molecular flexibility index (Phi) is 4.36. The van der Waals surface area contributed by atoms with E-state index >= 15 is 0 Å². The zero-order chi connectivity index (χ0) is 15.2. The van der Waals surface area contributed by atoms with E-state index < -0.39 is 5.97 Å².